The molecule has 0 radical (unpaired) electrons. The Morgan fingerprint density at radius 2 is 1.86 bits per heavy atom. The summed E-state index contributed by atoms with van der Waals surface area (Å²) >= 11 is 7.21. The van der Waals surface area contributed by atoms with Crippen LogP contribution in [0.25, 0.3) is 0 Å². The van der Waals surface area contributed by atoms with Gasteiger partial charge < -0.3 is 15.4 Å². The predicted octanol–water partition coefficient (Wildman–Crippen LogP) is 4.09. The van der Waals surface area contributed by atoms with Crippen LogP contribution in [-0.2, 0) is 6.54 Å². The summed E-state index contributed by atoms with van der Waals surface area (Å²) < 4.78 is 7.82. The van der Waals surface area contributed by atoms with E-state index < -0.39 is 0 Å². The van der Waals surface area contributed by atoms with E-state index in [-0.39, 0.29) is 6.10 Å². The summed E-state index contributed by atoms with van der Waals surface area (Å²) in [7, 11) is 0. The molecule has 1 aromatic carbocycles. The number of benzene rings is 1. The Labute approximate surface area is 144 Å². The van der Waals surface area contributed by atoms with Crippen molar-refractivity contribution in [2.45, 2.75) is 39.3 Å². The van der Waals surface area contributed by atoms with Gasteiger partial charge in [-0.1, -0.05) is 0 Å². The predicted molar refractivity (Wildman–Crippen MR) is 94.9 cm³/mol. The molecule has 0 amide bonds. The maximum atomic E-state index is 5.81. The van der Waals surface area contributed by atoms with Crippen molar-refractivity contribution >= 4 is 31.9 Å². The molecule has 5 heteroatoms. The lowest BCUT2D eigenvalue weighted by Crippen LogP contribution is -2.33. The zero-order valence-corrected chi connectivity index (χ0v) is 15.9. The number of piperidine rings is 1. The van der Waals surface area contributed by atoms with Crippen molar-refractivity contribution in [2.24, 2.45) is 5.92 Å². The first-order chi connectivity index (χ1) is 10.1. The summed E-state index contributed by atoms with van der Waals surface area (Å²) in [5.41, 5.74) is 1.26. The van der Waals surface area contributed by atoms with E-state index in [2.05, 4.69) is 54.6 Å². The smallest absolute Gasteiger partial charge is 0.148 e. The minimum absolute atomic E-state index is 0.168. The Hall–Kier alpha value is -0.100. The van der Waals surface area contributed by atoms with Gasteiger partial charge in [0.05, 0.1) is 15.0 Å². The van der Waals surface area contributed by atoms with Crippen LogP contribution >= 0.6 is 31.9 Å². The highest BCUT2D eigenvalue weighted by Crippen LogP contribution is 2.35. The van der Waals surface area contributed by atoms with Crippen LogP contribution in [-0.4, -0.2) is 25.7 Å². The molecule has 1 fully saturated rings. The number of hydrogen-bond donors (Lipinski definition) is 2. The standard InChI is InChI=1S/C16H24Br2N2O/c1-11(2)21-16-14(17)7-13(8-15(16)18)10-20-9-12-3-5-19-6-4-12/h7-8,11-12,19-20H,3-6,9-10H2,1-2H3. The van der Waals surface area contributed by atoms with Gasteiger partial charge >= 0.3 is 0 Å². The van der Waals surface area contributed by atoms with Gasteiger partial charge in [0.25, 0.3) is 0 Å². The lowest BCUT2D eigenvalue weighted by atomic mass is 9.98. The molecule has 0 saturated carbocycles. The second kappa shape index (κ2) is 8.51. The van der Waals surface area contributed by atoms with Crippen LogP contribution in [0, 0.1) is 5.92 Å². The molecule has 118 valence electrons. The van der Waals surface area contributed by atoms with Crippen molar-refractivity contribution in [1.82, 2.24) is 10.6 Å². The number of ether oxygens (including phenoxy) is 1. The fraction of sp³-hybridized carbons (Fsp3) is 0.625. The monoisotopic (exact) mass is 418 g/mol. The molecule has 1 heterocycles. The van der Waals surface area contributed by atoms with Crippen LogP contribution in [0.4, 0.5) is 0 Å². The Morgan fingerprint density at radius 3 is 2.43 bits per heavy atom. The molecule has 1 aromatic rings. The maximum absolute atomic E-state index is 5.81. The minimum Gasteiger partial charge on any atom is -0.489 e. The molecule has 1 saturated heterocycles. The minimum atomic E-state index is 0.168. The second-order valence-electron chi connectivity index (χ2n) is 5.88. The number of halogens is 2. The zero-order valence-electron chi connectivity index (χ0n) is 12.7. The zero-order chi connectivity index (χ0) is 15.2. The lowest BCUT2D eigenvalue weighted by molar-refractivity contribution is 0.239. The third-order valence-corrected chi connectivity index (χ3v) is 4.81. The Kier molecular flexibility index (Phi) is 6.99. The fourth-order valence-corrected chi connectivity index (χ4v) is 4.04. The van der Waals surface area contributed by atoms with Gasteiger partial charge in [0.1, 0.15) is 5.75 Å². The molecular formula is C16H24Br2N2O. The van der Waals surface area contributed by atoms with E-state index in [0.717, 1.165) is 46.8 Å². The van der Waals surface area contributed by atoms with Gasteiger partial charge in [-0.15, -0.1) is 0 Å². The Bertz CT molecular complexity index is 437. The molecule has 0 aromatic heterocycles. The second-order valence-corrected chi connectivity index (χ2v) is 7.59. The first-order valence-electron chi connectivity index (χ1n) is 7.62. The first-order valence-corrected chi connectivity index (χ1v) is 9.21. The molecule has 1 aliphatic heterocycles. The van der Waals surface area contributed by atoms with Crippen molar-refractivity contribution in [2.75, 3.05) is 19.6 Å². The van der Waals surface area contributed by atoms with Gasteiger partial charge in [-0.05, 0) is 102 Å². The molecule has 21 heavy (non-hydrogen) atoms. The van der Waals surface area contributed by atoms with Crippen LogP contribution in [0.2, 0.25) is 0 Å². The van der Waals surface area contributed by atoms with Gasteiger partial charge in [0.2, 0.25) is 0 Å². The third-order valence-electron chi connectivity index (χ3n) is 3.63. The van der Waals surface area contributed by atoms with Crippen LogP contribution < -0.4 is 15.4 Å². The van der Waals surface area contributed by atoms with E-state index in [0.29, 0.717) is 0 Å². The van der Waals surface area contributed by atoms with E-state index in [1.807, 2.05) is 13.8 Å². The molecule has 0 atom stereocenters. The molecule has 2 rings (SSSR count). The molecule has 0 aliphatic carbocycles. The first kappa shape index (κ1) is 17.3. The highest BCUT2D eigenvalue weighted by atomic mass is 79.9. The van der Waals surface area contributed by atoms with E-state index in [1.165, 1.54) is 18.4 Å². The average Bonchev–Trinajstić information content (AvgIpc) is 2.44. The van der Waals surface area contributed by atoms with Gasteiger partial charge in [0.15, 0.2) is 0 Å². The third kappa shape index (κ3) is 5.55. The van der Waals surface area contributed by atoms with Crippen molar-refractivity contribution in [3.63, 3.8) is 0 Å². The highest BCUT2D eigenvalue weighted by molar-refractivity contribution is 9.11. The quantitative estimate of drug-likeness (QED) is 0.728. The highest BCUT2D eigenvalue weighted by Gasteiger charge is 2.13. The number of nitrogens with one attached hydrogen (secondary N) is 2. The van der Waals surface area contributed by atoms with E-state index >= 15 is 0 Å². The summed E-state index contributed by atoms with van der Waals surface area (Å²) in [6.45, 7) is 8.38. The van der Waals surface area contributed by atoms with Crippen molar-refractivity contribution in [3.8, 4) is 5.75 Å². The molecule has 3 nitrogen and oxygen atoms in total. The average molecular weight is 420 g/mol. The van der Waals surface area contributed by atoms with Crippen LogP contribution in [0.3, 0.4) is 0 Å². The van der Waals surface area contributed by atoms with Crippen molar-refractivity contribution < 1.29 is 4.74 Å². The van der Waals surface area contributed by atoms with Crippen LogP contribution in [0.1, 0.15) is 32.3 Å². The lowest BCUT2D eigenvalue weighted by Gasteiger charge is -2.23. The number of hydrogen-bond acceptors (Lipinski definition) is 3. The van der Waals surface area contributed by atoms with E-state index in [9.17, 15) is 0 Å². The molecule has 2 N–H and O–H groups in total. The van der Waals surface area contributed by atoms with Gasteiger partial charge in [0, 0.05) is 6.54 Å². The van der Waals surface area contributed by atoms with Gasteiger partial charge in [-0.25, -0.2) is 0 Å². The topological polar surface area (TPSA) is 33.3 Å². The molecule has 0 spiro atoms. The van der Waals surface area contributed by atoms with Crippen molar-refractivity contribution in [1.29, 1.82) is 0 Å². The summed E-state index contributed by atoms with van der Waals surface area (Å²) in [5, 5.41) is 6.98. The Morgan fingerprint density at radius 1 is 1.24 bits per heavy atom. The van der Waals surface area contributed by atoms with Gasteiger partial charge in [-0.2, -0.15) is 0 Å². The summed E-state index contributed by atoms with van der Waals surface area (Å²) in [4.78, 5) is 0. The molecule has 0 bridgehead atoms. The molecular weight excluding hydrogens is 396 g/mol. The fourth-order valence-electron chi connectivity index (χ4n) is 2.57. The Balaban J connectivity index is 1.88. The summed E-state index contributed by atoms with van der Waals surface area (Å²) in [5.74, 6) is 1.69. The summed E-state index contributed by atoms with van der Waals surface area (Å²) in [6.07, 6.45) is 2.73. The normalized spacial score (nSPS) is 16.4. The number of rotatable bonds is 6. The van der Waals surface area contributed by atoms with Crippen molar-refractivity contribution in [3.05, 3.63) is 26.6 Å². The van der Waals surface area contributed by atoms with E-state index in [1.54, 1.807) is 0 Å². The molecule has 0 unspecified atom stereocenters. The van der Waals surface area contributed by atoms with Gasteiger partial charge in [-0.3, -0.25) is 0 Å². The largest absolute Gasteiger partial charge is 0.489 e. The maximum Gasteiger partial charge on any atom is 0.148 e. The van der Waals surface area contributed by atoms with E-state index in [4.69, 9.17) is 4.74 Å². The molecule has 1 aliphatic rings. The summed E-state index contributed by atoms with van der Waals surface area (Å²) in [6, 6.07) is 4.27. The SMILES string of the molecule is CC(C)Oc1c(Br)cc(CNCC2CCNCC2)cc1Br. The van der Waals surface area contributed by atoms with Crippen LogP contribution in [0.15, 0.2) is 21.1 Å². The van der Waals surface area contributed by atoms with Crippen LogP contribution in [0.5, 0.6) is 5.75 Å².